The van der Waals surface area contributed by atoms with E-state index in [1.165, 1.54) is 0 Å². The molecule has 0 saturated heterocycles. The molecule has 1 N–H and O–H groups in total. The van der Waals surface area contributed by atoms with Gasteiger partial charge >= 0.3 is 6.03 Å². The highest BCUT2D eigenvalue weighted by Crippen LogP contribution is 2.16. The SMILES string of the molecule is CCCN(CC(=O)N(Cc1cccn1C)CC(C)C)C(=O)Nc1ccccc1CC. The second-order valence-electron chi connectivity index (χ2n) is 8.14. The zero-order valence-electron chi connectivity index (χ0n) is 19.0. The third-order valence-electron chi connectivity index (χ3n) is 5.09. The second kappa shape index (κ2) is 11.4. The highest BCUT2D eigenvalue weighted by atomic mass is 16.2. The van der Waals surface area contributed by atoms with Crippen LogP contribution in [0.4, 0.5) is 10.5 Å². The Balaban J connectivity index is 2.12. The van der Waals surface area contributed by atoms with E-state index in [1.807, 2.05) is 66.0 Å². The molecule has 0 unspecified atom stereocenters. The summed E-state index contributed by atoms with van der Waals surface area (Å²) in [6.07, 6.45) is 3.61. The molecule has 0 fully saturated rings. The first-order valence-corrected chi connectivity index (χ1v) is 10.9. The van der Waals surface area contributed by atoms with Gasteiger partial charge in [-0.3, -0.25) is 4.79 Å². The number of amides is 3. The summed E-state index contributed by atoms with van der Waals surface area (Å²) in [5.74, 6) is 0.316. The number of carbonyl (C=O) groups is 2. The number of benzene rings is 1. The van der Waals surface area contributed by atoms with Crippen molar-refractivity contribution in [2.45, 2.75) is 47.1 Å². The van der Waals surface area contributed by atoms with E-state index in [-0.39, 0.29) is 18.5 Å². The number of aromatic nitrogens is 1. The smallest absolute Gasteiger partial charge is 0.322 e. The molecule has 2 rings (SSSR count). The molecule has 0 spiro atoms. The molecule has 30 heavy (non-hydrogen) atoms. The maximum Gasteiger partial charge on any atom is 0.322 e. The van der Waals surface area contributed by atoms with E-state index in [2.05, 4.69) is 26.1 Å². The van der Waals surface area contributed by atoms with Crippen molar-refractivity contribution in [2.75, 3.05) is 25.0 Å². The van der Waals surface area contributed by atoms with Crippen molar-refractivity contribution in [3.05, 3.63) is 53.9 Å². The van der Waals surface area contributed by atoms with E-state index in [4.69, 9.17) is 0 Å². The van der Waals surface area contributed by atoms with Gasteiger partial charge in [0.25, 0.3) is 0 Å². The van der Waals surface area contributed by atoms with Crippen LogP contribution >= 0.6 is 0 Å². The Kier molecular flexibility index (Phi) is 8.96. The fraction of sp³-hybridized carbons (Fsp3) is 0.500. The molecule has 0 aliphatic carbocycles. The van der Waals surface area contributed by atoms with Crippen LogP contribution in [0.5, 0.6) is 0 Å². The zero-order valence-corrected chi connectivity index (χ0v) is 19.0. The average molecular weight is 413 g/mol. The normalized spacial score (nSPS) is 10.9. The average Bonchev–Trinajstić information content (AvgIpc) is 3.11. The molecule has 6 heteroatoms. The topological polar surface area (TPSA) is 57.6 Å². The summed E-state index contributed by atoms with van der Waals surface area (Å²) in [5, 5.41) is 3.00. The first kappa shape index (κ1) is 23.5. The van der Waals surface area contributed by atoms with Gasteiger partial charge in [0, 0.05) is 37.7 Å². The number of hydrogen-bond acceptors (Lipinski definition) is 2. The van der Waals surface area contributed by atoms with Crippen molar-refractivity contribution < 1.29 is 9.59 Å². The van der Waals surface area contributed by atoms with E-state index < -0.39 is 0 Å². The van der Waals surface area contributed by atoms with Crippen molar-refractivity contribution in [1.82, 2.24) is 14.4 Å². The van der Waals surface area contributed by atoms with Gasteiger partial charge in [-0.05, 0) is 42.5 Å². The zero-order chi connectivity index (χ0) is 22.1. The molecule has 1 aromatic heterocycles. The molecule has 0 aliphatic rings. The van der Waals surface area contributed by atoms with Crippen LogP contribution in [0.2, 0.25) is 0 Å². The molecule has 0 atom stereocenters. The largest absolute Gasteiger partial charge is 0.353 e. The Morgan fingerprint density at radius 1 is 1.07 bits per heavy atom. The lowest BCUT2D eigenvalue weighted by Gasteiger charge is -2.29. The summed E-state index contributed by atoms with van der Waals surface area (Å²) >= 11 is 0. The highest BCUT2D eigenvalue weighted by molar-refractivity contribution is 5.93. The third kappa shape index (κ3) is 6.65. The minimum absolute atomic E-state index is 0.0303. The van der Waals surface area contributed by atoms with Crippen molar-refractivity contribution in [3.63, 3.8) is 0 Å². The predicted octanol–water partition coefficient (Wildman–Crippen LogP) is 4.52. The van der Waals surface area contributed by atoms with Gasteiger partial charge < -0.3 is 19.7 Å². The maximum absolute atomic E-state index is 13.2. The van der Waals surface area contributed by atoms with Gasteiger partial charge in [-0.15, -0.1) is 0 Å². The lowest BCUT2D eigenvalue weighted by atomic mass is 10.1. The van der Waals surface area contributed by atoms with Crippen LogP contribution in [0.1, 0.15) is 45.4 Å². The summed E-state index contributed by atoms with van der Waals surface area (Å²) in [5.41, 5.74) is 2.97. The predicted molar refractivity (Wildman–Crippen MR) is 122 cm³/mol. The number of nitrogens with one attached hydrogen (secondary N) is 1. The minimum atomic E-state index is -0.227. The van der Waals surface area contributed by atoms with Crippen LogP contribution in [0.3, 0.4) is 0 Å². The maximum atomic E-state index is 13.2. The molecule has 0 saturated carbocycles. The quantitative estimate of drug-likeness (QED) is 0.624. The van der Waals surface area contributed by atoms with Gasteiger partial charge in [-0.1, -0.05) is 45.9 Å². The lowest BCUT2D eigenvalue weighted by molar-refractivity contribution is -0.133. The fourth-order valence-corrected chi connectivity index (χ4v) is 3.48. The van der Waals surface area contributed by atoms with Crippen LogP contribution < -0.4 is 5.32 Å². The number of hydrogen-bond donors (Lipinski definition) is 1. The lowest BCUT2D eigenvalue weighted by Crippen LogP contribution is -2.45. The Bertz CT molecular complexity index is 828. The summed E-state index contributed by atoms with van der Waals surface area (Å²) in [6.45, 7) is 10.1. The molecule has 164 valence electrons. The van der Waals surface area contributed by atoms with Crippen LogP contribution in [0.15, 0.2) is 42.6 Å². The molecular weight excluding hydrogens is 376 g/mol. The van der Waals surface area contributed by atoms with E-state index in [1.54, 1.807) is 4.90 Å². The molecule has 1 aromatic carbocycles. The molecular formula is C24H36N4O2. The van der Waals surface area contributed by atoms with Gasteiger partial charge in [0.05, 0.1) is 6.54 Å². The monoisotopic (exact) mass is 412 g/mol. The number of para-hydroxylation sites is 1. The molecule has 2 aromatic rings. The number of nitrogens with zero attached hydrogens (tertiary/aromatic N) is 3. The van der Waals surface area contributed by atoms with Crippen LogP contribution in [-0.4, -0.2) is 45.9 Å². The number of anilines is 1. The third-order valence-corrected chi connectivity index (χ3v) is 5.09. The summed E-state index contributed by atoms with van der Waals surface area (Å²) in [7, 11) is 1.98. The summed E-state index contributed by atoms with van der Waals surface area (Å²) < 4.78 is 2.03. The van der Waals surface area contributed by atoms with Crippen molar-refractivity contribution in [2.24, 2.45) is 13.0 Å². The van der Waals surface area contributed by atoms with Crippen LogP contribution in [0, 0.1) is 5.92 Å². The number of rotatable bonds is 10. The van der Waals surface area contributed by atoms with E-state index in [9.17, 15) is 9.59 Å². The number of urea groups is 1. The second-order valence-corrected chi connectivity index (χ2v) is 8.14. The molecule has 6 nitrogen and oxygen atoms in total. The number of aryl methyl sites for hydroxylation is 2. The Hall–Kier alpha value is -2.76. The van der Waals surface area contributed by atoms with Crippen molar-refractivity contribution in [3.8, 4) is 0 Å². The first-order valence-electron chi connectivity index (χ1n) is 10.9. The molecule has 3 amide bonds. The van der Waals surface area contributed by atoms with Crippen molar-refractivity contribution >= 4 is 17.6 Å². The van der Waals surface area contributed by atoms with Gasteiger partial charge in [0.15, 0.2) is 0 Å². The summed E-state index contributed by atoms with van der Waals surface area (Å²) in [6, 6.07) is 11.6. The van der Waals surface area contributed by atoms with E-state index in [0.29, 0.717) is 25.6 Å². The standard InChI is InChI=1S/C24H36N4O2/c1-6-14-27(24(30)25-22-13-9-8-11-20(22)7-2)18-23(29)28(16-19(3)4)17-21-12-10-15-26(21)5/h8-13,15,19H,6-7,14,16-18H2,1-5H3,(H,25,30). The summed E-state index contributed by atoms with van der Waals surface area (Å²) in [4.78, 5) is 29.6. The van der Waals surface area contributed by atoms with Crippen LogP contribution in [0.25, 0.3) is 0 Å². The molecule has 0 radical (unpaired) electrons. The molecule has 0 aliphatic heterocycles. The van der Waals surface area contributed by atoms with Crippen LogP contribution in [-0.2, 0) is 24.8 Å². The van der Waals surface area contributed by atoms with Gasteiger partial charge in [-0.2, -0.15) is 0 Å². The van der Waals surface area contributed by atoms with Gasteiger partial charge in [0.2, 0.25) is 5.91 Å². The minimum Gasteiger partial charge on any atom is -0.353 e. The Morgan fingerprint density at radius 3 is 2.40 bits per heavy atom. The van der Waals surface area contributed by atoms with E-state index >= 15 is 0 Å². The fourth-order valence-electron chi connectivity index (χ4n) is 3.48. The first-order chi connectivity index (χ1) is 14.3. The Labute approximate surface area is 180 Å². The Morgan fingerprint density at radius 2 is 1.80 bits per heavy atom. The van der Waals surface area contributed by atoms with E-state index in [0.717, 1.165) is 29.8 Å². The molecule has 1 heterocycles. The van der Waals surface area contributed by atoms with Gasteiger partial charge in [-0.25, -0.2) is 4.79 Å². The molecule has 0 bridgehead atoms. The van der Waals surface area contributed by atoms with Gasteiger partial charge in [0.1, 0.15) is 6.54 Å². The highest BCUT2D eigenvalue weighted by Gasteiger charge is 2.22. The number of carbonyl (C=O) groups excluding carboxylic acids is 2. The van der Waals surface area contributed by atoms with Crippen molar-refractivity contribution in [1.29, 1.82) is 0 Å².